The number of carboxylic acid groups (broad SMARTS) is 1. The first-order chi connectivity index (χ1) is 9.69. The fourth-order valence-corrected chi connectivity index (χ4v) is 1.96. The molecule has 0 atom stereocenters. The van der Waals surface area contributed by atoms with Gasteiger partial charge in [0.05, 0.1) is 5.02 Å². The Balaban J connectivity index is 2.50. The minimum Gasteiger partial charge on any atom is -0.482 e. The molecular formula is C14H17Cl2NO4. The summed E-state index contributed by atoms with van der Waals surface area (Å²) in [5, 5.41) is 12.2. The van der Waals surface area contributed by atoms with E-state index in [1.807, 2.05) is 0 Å². The molecule has 116 valence electrons. The summed E-state index contributed by atoms with van der Waals surface area (Å²) in [5.74, 6) is -0.941. The first-order valence-electron chi connectivity index (χ1n) is 6.30. The van der Waals surface area contributed by atoms with Crippen LogP contribution in [0, 0.1) is 0 Å². The second kappa shape index (κ2) is 7.52. The Kier molecular flexibility index (Phi) is 6.30. The van der Waals surface area contributed by atoms with Crippen molar-refractivity contribution < 1.29 is 19.4 Å². The minimum absolute atomic E-state index is 0.0196. The Morgan fingerprint density at radius 2 is 2.00 bits per heavy atom. The van der Waals surface area contributed by atoms with E-state index in [2.05, 4.69) is 5.32 Å². The topological polar surface area (TPSA) is 75.6 Å². The number of rotatable bonds is 7. The van der Waals surface area contributed by atoms with Crippen LogP contribution in [0.3, 0.4) is 0 Å². The zero-order chi connectivity index (χ0) is 16.0. The average molecular weight is 334 g/mol. The summed E-state index contributed by atoms with van der Waals surface area (Å²) < 4.78 is 5.31. The van der Waals surface area contributed by atoms with Gasteiger partial charge in [0.25, 0.3) is 5.91 Å². The van der Waals surface area contributed by atoms with Crippen molar-refractivity contribution in [1.29, 1.82) is 0 Å². The van der Waals surface area contributed by atoms with Crippen molar-refractivity contribution in [2.24, 2.45) is 0 Å². The highest BCUT2D eigenvalue weighted by Gasteiger charge is 2.21. The van der Waals surface area contributed by atoms with Crippen LogP contribution in [0.2, 0.25) is 10.0 Å². The summed E-state index contributed by atoms with van der Waals surface area (Å²) in [6.07, 6.45) is 0.306. The fourth-order valence-electron chi connectivity index (χ4n) is 1.63. The van der Waals surface area contributed by atoms with Crippen molar-refractivity contribution in [2.75, 3.05) is 6.61 Å². The first kappa shape index (κ1) is 17.6. The van der Waals surface area contributed by atoms with Crippen LogP contribution in [0.1, 0.15) is 26.7 Å². The second-order valence-electron chi connectivity index (χ2n) is 5.19. The maximum absolute atomic E-state index is 11.8. The third kappa shape index (κ3) is 6.69. The lowest BCUT2D eigenvalue weighted by atomic mass is 9.98. The smallest absolute Gasteiger partial charge is 0.303 e. The molecular weight excluding hydrogens is 317 g/mol. The van der Waals surface area contributed by atoms with E-state index in [1.54, 1.807) is 26.0 Å². The van der Waals surface area contributed by atoms with E-state index in [0.717, 1.165) is 0 Å². The molecule has 2 N–H and O–H groups in total. The molecule has 1 rings (SSSR count). The van der Waals surface area contributed by atoms with E-state index in [9.17, 15) is 9.59 Å². The van der Waals surface area contributed by atoms with Gasteiger partial charge in [-0.3, -0.25) is 9.59 Å². The van der Waals surface area contributed by atoms with Gasteiger partial charge < -0.3 is 15.2 Å². The Labute approximate surface area is 133 Å². The predicted octanol–water partition coefficient (Wildman–Crippen LogP) is 3.13. The van der Waals surface area contributed by atoms with Crippen molar-refractivity contribution in [2.45, 2.75) is 32.2 Å². The highest BCUT2D eigenvalue weighted by molar-refractivity contribution is 6.34. The van der Waals surface area contributed by atoms with Crippen molar-refractivity contribution in [3.8, 4) is 5.75 Å². The van der Waals surface area contributed by atoms with Gasteiger partial charge >= 0.3 is 5.97 Å². The largest absolute Gasteiger partial charge is 0.482 e. The lowest BCUT2D eigenvalue weighted by molar-refractivity contribution is -0.138. The Morgan fingerprint density at radius 1 is 1.33 bits per heavy atom. The van der Waals surface area contributed by atoms with Gasteiger partial charge in [0, 0.05) is 23.0 Å². The number of amides is 1. The minimum atomic E-state index is -0.903. The van der Waals surface area contributed by atoms with Crippen LogP contribution >= 0.6 is 23.2 Å². The SMILES string of the molecule is CC(C)(CCC(=O)O)NC(=O)COc1cc(Cl)ccc1Cl. The van der Waals surface area contributed by atoms with E-state index < -0.39 is 11.5 Å². The van der Waals surface area contributed by atoms with Gasteiger partial charge in [0.2, 0.25) is 0 Å². The third-order valence-electron chi connectivity index (χ3n) is 2.69. The maximum Gasteiger partial charge on any atom is 0.303 e. The van der Waals surface area contributed by atoms with Crippen molar-refractivity contribution >= 4 is 35.1 Å². The molecule has 21 heavy (non-hydrogen) atoms. The number of nitrogens with one attached hydrogen (secondary N) is 1. The molecule has 0 aromatic heterocycles. The Hall–Kier alpha value is -1.46. The molecule has 0 radical (unpaired) electrons. The number of carboxylic acids is 1. The zero-order valence-corrected chi connectivity index (χ0v) is 13.3. The Morgan fingerprint density at radius 3 is 2.62 bits per heavy atom. The molecule has 0 saturated carbocycles. The van der Waals surface area contributed by atoms with E-state index in [0.29, 0.717) is 22.2 Å². The van der Waals surface area contributed by atoms with Gasteiger partial charge in [-0.15, -0.1) is 0 Å². The molecule has 0 aliphatic heterocycles. The average Bonchev–Trinajstić information content (AvgIpc) is 2.37. The van der Waals surface area contributed by atoms with Crippen LogP contribution in [0.4, 0.5) is 0 Å². The van der Waals surface area contributed by atoms with E-state index in [-0.39, 0.29) is 18.9 Å². The van der Waals surface area contributed by atoms with Crippen LogP contribution in [-0.2, 0) is 9.59 Å². The second-order valence-corrected chi connectivity index (χ2v) is 6.03. The standard InChI is InChI=1S/C14H17Cl2NO4/c1-14(2,6-5-13(19)20)17-12(18)8-21-11-7-9(15)3-4-10(11)16/h3-4,7H,5-6,8H2,1-2H3,(H,17,18)(H,19,20). The lowest BCUT2D eigenvalue weighted by Crippen LogP contribution is -2.45. The van der Waals surface area contributed by atoms with E-state index >= 15 is 0 Å². The molecule has 0 unspecified atom stereocenters. The van der Waals surface area contributed by atoms with Gasteiger partial charge in [-0.2, -0.15) is 0 Å². The molecule has 0 aliphatic rings. The maximum atomic E-state index is 11.8. The number of carbonyl (C=O) groups is 2. The highest BCUT2D eigenvalue weighted by atomic mass is 35.5. The highest BCUT2D eigenvalue weighted by Crippen LogP contribution is 2.27. The van der Waals surface area contributed by atoms with Crippen molar-refractivity contribution in [1.82, 2.24) is 5.32 Å². The summed E-state index contributed by atoms with van der Waals surface area (Å²) in [6, 6.07) is 4.71. The molecule has 1 aromatic carbocycles. The van der Waals surface area contributed by atoms with Gasteiger partial charge in [-0.05, 0) is 32.4 Å². The van der Waals surface area contributed by atoms with Crippen molar-refractivity contribution in [3.05, 3.63) is 28.2 Å². The number of hydrogen-bond donors (Lipinski definition) is 2. The first-order valence-corrected chi connectivity index (χ1v) is 7.06. The number of carbonyl (C=O) groups excluding carboxylic acids is 1. The van der Waals surface area contributed by atoms with Gasteiger partial charge in [-0.1, -0.05) is 23.2 Å². The molecule has 0 spiro atoms. The van der Waals surface area contributed by atoms with Crippen LogP contribution in [0.15, 0.2) is 18.2 Å². The molecule has 0 heterocycles. The molecule has 1 amide bonds. The molecule has 0 saturated heterocycles. The molecule has 5 nitrogen and oxygen atoms in total. The van der Waals surface area contributed by atoms with Crippen molar-refractivity contribution in [3.63, 3.8) is 0 Å². The normalized spacial score (nSPS) is 11.0. The number of benzene rings is 1. The molecule has 1 aromatic rings. The number of ether oxygens (including phenoxy) is 1. The zero-order valence-electron chi connectivity index (χ0n) is 11.8. The third-order valence-corrected chi connectivity index (χ3v) is 3.24. The van der Waals surface area contributed by atoms with Gasteiger partial charge in [0.15, 0.2) is 6.61 Å². The Bertz CT molecular complexity index is 532. The monoisotopic (exact) mass is 333 g/mol. The fraction of sp³-hybridized carbons (Fsp3) is 0.429. The molecule has 0 fully saturated rings. The van der Waals surface area contributed by atoms with Gasteiger partial charge in [0.1, 0.15) is 5.75 Å². The summed E-state index contributed by atoms with van der Waals surface area (Å²) >= 11 is 11.7. The molecule has 0 aliphatic carbocycles. The predicted molar refractivity (Wildman–Crippen MR) is 81.0 cm³/mol. The summed E-state index contributed by atoms with van der Waals surface area (Å²) in [6.45, 7) is 3.27. The quantitative estimate of drug-likeness (QED) is 0.803. The lowest BCUT2D eigenvalue weighted by Gasteiger charge is -2.25. The van der Waals surface area contributed by atoms with E-state index in [1.165, 1.54) is 6.07 Å². The van der Waals surface area contributed by atoms with Crippen LogP contribution in [0.25, 0.3) is 0 Å². The molecule has 7 heteroatoms. The van der Waals surface area contributed by atoms with Crippen LogP contribution < -0.4 is 10.1 Å². The van der Waals surface area contributed by atoms with E-state index in [4.69, 9.17) is 33.0 Å². The summed E-state index contributed by atoms with van der Waals surface area (Å²) in [4.78, 5) is 22.4. The molecule has 0 bridgehead atoms. The van der Waals surface area contributed by atoms with Crippen LogP contribution in [0.5, 0.6) is 5.75 Å². The number of halogens is 2. The van der Waals surface area contributed by atoms with Crippen LogP contribution in [-0.4, -0.2) is 29.1 Å². The van der Waals surface area contributed by atoms with Gasteiger partial charge in [-0.25, -0.2) is 0 Å². The number of aliphatic carboxylic acids is 1. The number of hydrogen-bond acceptors (Lipinski definition) is 3. The summed E-state index contributed by atoms with van der Waals surface area (Å²) in [5.41, 5.74) is -0.628. The summed E-state index contributed by atoms with van der Waals surface area (Å²) in [7, 11) is 0.